The summed E-state index contributed by atoms with van der Waals surface area (Å²) in [6, 6.07) is 7.09. The molecule has 0 heterocycles. The number of thioether (sulfide) groups is 1. The van der Waals surface area contributed by atoms with Crippen LogP contribution < -0.4 is 4.74 Å². The summed E-state index contributed by atoms with van der Waals surface area (Å²) in [5.41, 5.74) is 0.776. The highest BCUT2D eigenvalue weighted by molar-refractivity contribution is 8.33. The number of methoxy groups -OCH3 is 1. The number of thiocarbonyl (C=S) groups is 1. The van der Waals surface area contributed by atoms with E-state index in [2.05, 4.69) is 0 Å². The molecule has 0 aromatic heterocycles. The molecule has 1 aromatic rings. The summed E-state index contributed by atoms with van der Waals surface area (Å²) >= 11 is 5.90. The van der Waals surface area contributed by atoms with Crippen LogP contribution in [0.2, 0.25) is 0 Å². The van der Waals surface area contributed by atoms with Crippen molar-refractivity contribution >= 4 is 33.3 Å². The summed E-state index contributed by atoms with van der Waals surface area (Å²) < 4.78 is 5.45. The van der Waals surface area contributed by atoms with E-state index in [9.17, 15) is 4.79 Å². The monoisotopic (exact) mass is 242 g/mol. The molecule has 0 amide bonds. The van der Waals surface area contributed by atoms with Gasteiger partial charge in [-0.15, -0.1) is 0 Å². The maximum absolute atomic E-state index is 10.9. The van der Waals surface area contributed by atoms with Gasteiger partial charge in [0.15, 0.2) is 0 Å². The number of aliphatic hydroxyl groups excluding tert-OH is 1. The van der Waals surface area contributed by atoms with Crippen LogP contribution in [-0.4, -0.2) is 28.1 Å². The molecule has 0 spiro atoms. The predicted molar refractivity (Wildman–Crippen MR) is 64.4 cm³/mol. The van der Waals surface area contributed by atoms with Gasteiger partial charge in [0.1, 0.15) is 12.4 Å². The van der Waals surface area contributed by atoms with E-state index in [0.717, 1.165) is 23.1 Å². The summed E-state index contributed by atoms with van der Waals surface area (Å²) in [6.07, 6.45) is 0. The van der Waals surface area contributed by atoms with Crippen LogP contribution in [0.25, 0.3) is 0 Å². The Morgan fingerprint density at radius 1 is 1.47 bits per heavy atom. The lowest BCUT2D eigenvalue weighted by molar-refractivity contribution is -0.113. The Balaban J connectivity index is 2.70. The van der Waals surface area contributed by atoms with E-state index in [1.54, 1.807) is 31.4 Å². The van der Waals surface area contributed by atoms with E-state index in [4.69, 9.17) is 22.1 Å². The van der Waals surface area contributed by atoms with Crippen molar-refractivity contribution in [1.82, 2.24) is 0 Å². The van der Waals surface area contributed by atoms with Gasteiger partial charge in [0.05, 0.1) is 11.3 Å². The average Bonchev–Trinajstić information content (AvgIpc) is 2.29. The van der Waals surface area contributed by atoms with Gasteiger partial charge in [-0.25, -0.2) is 0 Å². The number of carbonyl (C=O) groups excluding carboxylic acids is 1. The maximum atomic E-state index is 10.9. The first-order valence-corrected chi connectivity index (χ1v) is 5.39. The highest BCUT2D eigenvalue weighted by atomic mass is 32.2. The molecule has 15 heavy (non-hydrogen) atoms. The van der Waals surface area contributed by atoms with Crippen molar-refractivity contribution in [3.8, 4) is 5.75 Å². The number of ether oxygens (including phenoxy) is 1. The van der Waals surface area contributed by atoms with Crippen molar-refractivity contribution in [3.63, 3.8) is 0 Å². The van der Waals surface area contributed by atoms with E-state index in [-0.39, 0.29) is 5.12 Å². The number of rotatable bonds is 3. The molecule has 0 unspecified atom stereocenters. The summed E-state index contributed by atoms with van der Waals surface area (Å²) in [5, 5.41) is 8.21. The van der Waals surface area contributed by atoms with Gasteiger partial charge in [-0.2, -0.15) is 0 Å². The molecule has 1 N–H and O–H groups in total. The zero-order valence-corrected chi connectivity index (χ0v) is 9.73. The van der Waals surface area contributed by atoms with E-state index in [1.807, 2.05) is 0 Å². The van der Waals surface area contributed by atoms with Gasteiger partial charge in [0.25, 0.3) is 0 Å². The topological polar surface area (TPSA) is 46.5 Å². The molecule has 0 aliphatic heterocycles. The highest BCUT2D eigenvalue weighted by Gasteiger charge is 2.07. The Morgan fingerprint density at radius 2 is 2.07 bits per heavy atom. The molecular formula is C10H10O3S2. The first kappa shape index (κ1) is 12.2. The zero-order chi connectivity index (χ0) is 11.3. The second-order valence-corrected chi connectivity index (χ2v) is 4.38. The second-order valence-electron chi connectivity index (χ2n) is 2.65. The normalized spacial score (nSPS) is 9.73. The Labute approximate surface area is 97.4 Å². The number of carbonyl (C=O) groups is 1. The van der Waals surface area contributed by atoms with Crippen molar-refractivity contribution in [3.05, 3.63) is 29.8 Å². The number of hydrogen-bond acceptors (Lipinski definition) is 5. The lowest BCUT2D eigenvalue weighted by Gasteiger charge is -2.03. The average molecular weight is 242 g/mol. The van der Waals surface area contributed by atoms with Crippen molar-refractivity contribution < 1.29 is 14.6 Å². The summed E-state index contributed by atoms with van der Waals surface area (Å²) in [4.78, 5) is 10.9. The third-order valence-electron chi connectivity index (χ3n) is 1.66. The molecule has 0 fully saturated rings. The number of aliphatic hydroxyl groups is 1. The van der Waals surface area contributed by atoms with Crippen LogP contribution in [-0.2, 0) is 4.79 Å². The molecule has 0 aliphatic rings. The molecule has 0 saturated carbocycles. The summed E-state index contributed by atoms with van der Waals surface area (Å²) in [6.45, 7) is -0.499. The summed E-state index contributed by atoms with van der Waals surface area (Å²) in [7, 11) is 1.58. The lowest BCUT2D eigenvalue weighted by atomic mass is 10.2. The van der Waals surface area contributed by atoms with Crippen molar-refractivity contribution in [1.29, 1.82) is 0 Å². The molecule has 1 rings (SSSR count). The van der Waals surface area contributed by atoms with Crippen molar-refractivity contribution in [2.24, 2.45) is 0 Å². The van der Waals surface area contributed by atoms with E-state index < -0.39 is 6.61 Å². The van der Waals surface area contributed by atoms with E-state index in [1.165, 1.54) is 0 Å². The SMILES string of the molecule is COc1ccc(C(=S)SC(=O)CO)cc1. The first-order valence-electron chi connectivity index (χ1n) is 4.17. The van der Waals surface area contributed by atoms with Crippen molar-refractivity contribution in [2.45, 2.75) is 0 Å². The molecular weight excluding hydrogens is 232 g/mol. The van der Waals surface area contributed by atoms with Crippen LogP contribution in [0, 0.1) is 0 Å². The number of benzene rings is 1. The summed E-state index contributed by atoms with van der Waals surface area (Å²) in [5.74, 6) is 0.736. The minimum absolute atomic E-state index is 0.351. The quantitative estimate of drug-likeness (QED) is 0.816. The molecule has 1 aromatic carbocycles. The fourth-order valence-electron chi connectivity index (χ4n) is 0.922. The van der Waals surface area contributed by atoms with Gasteiger partial charge in [-0.3, -0.25) is 4.79 Å². The number of hydrogen-bond donors (Lipinski definition) is 1. The van der Waals surface area contributed by atoms with Crippen LogP contribution in [0.15, 0.2) is 24.3 Å². The Morgan fingerprint density at radius 3 is 2.53 bits per heavy atom. The third-order valence-corrected chi connectivity index (χ3v) is 2.92. The standard InChI is InChI=1S/C10H10O3S2/c1-13-8-4-2-7(3-5-8)10(14)15-9(12)6-11/h2-5,11H,6H2,1H3. The minimum Gasteiger partial charge on any atom is -0.497 e. The second kappa shape index (κ2) is 5.85. The van der Waals surface area contributed by atoms with Gasteiger partial charge in [-0.05, 0) is 41.6 Å². The first-order chi connectivity index (χ1) is 7.17. The van der Waals surface area contributed by atoms with Crippen molar-refractivity contribution in [2.75, 3.05) is 13.7 Å². The molecule has 0 radical (unpaired) electrons. The zero-order valence-electron chi connectivity index (χ0n) is 8.10. The highest BCUT2D eigenvalue weighted by Crippen LogP contribution is 2.18. The fraction of sp³-hybridized carbons (Fsp3) is 0.200. The largest absolute Gasteiger partial charge is 0.497 e. The van der Waals surface area contributed by atoms with E-state index in [0.29, 0.717) is 4.20 Å². The van der Waals surface area contributed by atoms with Crippen LogP contribution in [0.1, 0.15) is 5.56 Å². The van der Waals surface area contributed by atoms with E-state index >= 15 is 0 Å². The molecule has 80 valence electrons. The van der Waals surface area contributed by atoms with Gasteiger partial charge >= 0.3 is 0 Å². The molecule has 0 bridgehead atoms. The van der Waals surface area contributed by atoms with Crippen LogP contribution in [0.4, 0.5) is 0 Å². The van der Waals surface area contributed by atoms with Crippen LogP contribution >= 0.6 is 24.0 Å². The Kier molecular flexibility index (Phi) is 4.74. The molecule has 0 saturated heterocycles. The molecule has 3 nitrogen and oxygen atoms in total. The maximum Gasteiger partial charge on any atom is 0.219 e. The smallest absolute Gasteiger partial charge is 0.219 e. The molecule has 0 aliphatic carbocycles. The molecule has 5 heteroatoms. The fourth-order valence-corrected chi connectivity index (χ4v) is 1.86. The Bertz CT molecular complexity index is 359. The van der Waals surface area contributed by atoms with Crippen LogP contribution in [0.3, 0.4) is 0 Å². The van der Waals surface area contributed by atoms with Gasteiger partial charge < -0.3 is 9.84 Å². The Hall–Kier alpha value is -0.910. The molecule has 0 atom stereocenters. The van der Waals surface area contributed by atoms with Gasteiger partial charge in [0.2, 0.25) is 5.12 Å². The van der Waals surface area contributed by atoms with Gasteiger partial charge in [0, 0.05) is 0 Å². The predicted octanol–water partition coefficient (Wildman–Crippen LogP) is 1.62. The lowest BCUT2D eigenvalue weighted by Crippen LogP contribution is -2.02. The minimum atomic E-state index is -0.499. The van der Waals surface area contributed by atoms with Gasteiger partial charge in [-0.1, -0.05) is 12.2 Å². The third kappa shape index (κ3) is 3.62. The van der Waals surface area contributed by atoms with Crippen LogP contribution in [0.5, 0.6) is 5.75 Å².